The highest BCUT2D eigenvalue weighted by Crippen LogP contribution is 2.25. The Labute approximate surface area is 108 Å². The molecule has 1 aliphatic heterocycles. The maximum absolute atomic E-state index is 11.3. The van der Waals surface area contributed by atoms with E-state index in [-0.39, 0.29) is 5.56 Å². The first-order chi connectivity index (χ1) is 8.49. The van der Waals surface area contributed by atoms with Crippen molar-refractivity contribution in [2.75, 3.05) is 29.5 Å². The molecule has 2 heterocycles. The fourth-order valence-corrected chi connectivity index (χ4v) is 3.25. The molecule has 0 radical (unpaired) electrons. The number of aromatic carboxylic acids is 1. The van der Waals surface area contributed by atoms with Gasteiger partial charge >= 0.3 is 5.97 Å². The van der Waals surface area contributed by atoms with Gasteiger partial charge in [-0.15, -0.1) is 0 Å². The van der Waals surface area contributed by atoms with Crippen LogP contribution in [0.25, 0.3) is 0 Å². The number of aromatic nitrogens is 1. The van der Waals surface area contributed by atoms with Gasteiger partial charge in [-0.25, -0.2) is 4.79 Å². The summed E-state index contributed by atoms with van der Waals surface area (Å²) in [6.45, 7) is 4.83. The summed E-state index contributed by atoms with van der Waals surface area (Å²) in [5.41, 5.74) is 2.29. The highest BCUT2D eigenvalue weighted by Gasteiger charge is 2.23. The molecule has 18 heavy (non-hydrogen) atoms. The predicted octanol–water partition coefficient (Wildman–Crippen LogP) is 0.965. The Bertz CT molecular complexity index is 506. The van der Waals surface area contributed by atoms with Gasteiger partial charge in [-0.05, 0) is 19.9 Å². The van der Waals surface area contributed by atoms with Crippen molar-refractivity contribution in [1.29, 1.82) is 0 Å². The van der Waals surface area contributed by atoms with E-state index in [0.717, 1.165) is 5.69 Å². The van der Waals surface area contributed by atoms with Gasteiger partial charge in [-0.1, -0.05) is 0 Å². The van der Waals surface area contributed by atoms with Gasteiger partial charge in [0.25, 0.3) is 0 Å². The number of rotatable bonds is 2. The maximum atomic E-state index is 11.3. The van der Waals surface area contributed by atoms with Gasteiger partial charge in [0.2, 0.25) is 0 Å². The summed E-state index contributed by atoms with van der Waals surface area (Å²) in [5.74, 6) is 0.237. The molecule has 0 spiro atoms. The third kappa shape index (κ3) is 2.53. The van der Waals surface area contributed by atoms with Crippen LogP contribution in [0.2, 0.25) is 0 Å². The van der Waals surface area contributed by atoms with Gasteiger partial charge in [-0.3, -0.25) is 9.19 Å². The van der Waals surface area contributed by atoms with Crippen LogP contribution in [-0.2, 0) is 10.8 Å². The highest BCUT2D eigenvalue weighted by atomic mass is 32.2. The molecule has 0 amide bonds. The number of aryl methyl sites for hydroxylation is 2. The maximum Gasteiger partial charge on any atom is 0.339 e. The number of carboxylic acids is 1. The minimum absolute atomic E-state index is 0.258. The Balaban J connectivity index is 2.42. The second kappa shape index (κ2) is 5.06. The first-order valence-electron chi connectivity index (χ1n) is 5.80. The molecule has 0 bridgehead atoms. The van der Waals surface area contributed by atoms with Crippen molar-refractivity contribution in [2.45, 2.75) is 13.8 Å². The molecule has 1 aromatic rings. The molecule has 0 aliphatic carbocycles. The molecule has 1 aromatic heterocycles. The molecule has 6 heteroatoms. The lowest BCUT2D eigenvalue weighted by Gasteiger charge is -2.30. The average molecular weight is 268 g/mol. The third-order valence-corrected chi connectivity index (χ3v) is 4.32. The summed E-state index contributed by atoms with van der Waals surface area (Å²) >= 11 is 0. The number of nitrogens with zero attached hydrogens (tertiary/aromatic N) is 2. The van der Waals surface area contributed by atoms with Crippen LogP contribution in [0.4, 0.5) is 5.69 Å². The van der Waals surface area contributed by atoms with Crippen LogP contribution in [0.5, 0.6) is 0 Å². The van der Waals surface area contributed by atoms with E-state index in [2.05, 4.69) is 4.98 Å². The highest BCUT2D eigenvalue weighted by molar-refractivity contribution is 7.85. The third-order valence-electron chi connectivity index (χ3n) is 3.04. The largest absolute Gasteiger partial charge is 0.478 e. The van der Waals surface area contributed by atoms with Crippen molar-refractivity contribution in [3.63, 3.8) is 0 Å². The molecule has 98 valence electrons. The smallest absolute Gasteiger partial charge is 0.339 e. The minimum atomic E-state index is -0.957. The van der Waals surface area contributed by atoms with Gasteiger partial charge in [-0.2, -0.15) is 0 Å². The van der Waals surface area contributed by atoms with Crippen LogP contribution < -0.4 is 4.90 Å². The van der Waals surface area contributed by atoms with E-state index < -0.39 is 16.8 Å². The molecule has 2 rings (SSSR count). The fourth-order valence-electron chi connectivity index (χ4n) is 2.20. The van der Waals surface area contributed by atoms with E-state index >= 15 is 0 Å². The van der Waals surface area contributed by atoms with Crippen molar-refractivity contribution in [1.82, 2.24) is 4.98 Å². The molecule has 1 N–H and O–H groups in total. The van der Waals surface area contributed by atoms with Crippen LogP contribution in [-0.4, -0.2) is 44.9 Å². The summed E-state index contributed by atoms with van der Waals surface area (Å²) in [7, 11) is -0.767. The Morgan fingerprint density at radius 3 is 2.56 bits per heavy atom. The zero-order chi connectivity index (χ0) is 13.3. The van der Waals surface area contributed by atoms with Gasteiger partial charge < -0.3 is 10.0 Å². The van der Waals surface area contributed by atoms with Crippen molar-refractivity contribution in [2.24, 2.45) is 0 Å². The Kier molecular flexibility index (Phi) is 3.65. The SMILES string of the molecule is Cc1cc(N2CCS(=O)CC2)c(C(=O)O)c(C)n1. The van der Waals surface area contributed by atoms with E-state index in [4.69, 9.17) is 0 Å². The lowest BCUT2D eigenvalue weighted by Crippen LogP contribution is -2.38. The van der Waals surface area contributed by atoms with E-state index in [0.29, 0.717) is 36.0 Å². The Morgan fingerprint density at radius 2 is 2.00 bits per heavy atom. The van der Waals surface area contributed by atoms with E-state index in [1.54, 1.807) is 13.0 Å². The Morgan fingerprint density at radius 1 is 1.39 bits per heavy atom. The second-order valence-electron chi connectivity index (χ2n) is 4.38. The fraction of sp³-hybridized carbons (Fsp3) is 0.500. The quantitative estimate of drug-likeness (QED) is 0.865. The summed E-state index contributed by atoms with van der Waals surface area (Å²) in [6.07, 6.45) is 0. The molecule has 0 atom stereocenters. The molecule has 1 fully saturated rings. The lowest BCUT2D eigenvalue weighted by molar-refractivity contribution is 0.0696. The number of hydrogen-bond donors (Lipinski definition) is 1. The molecule has 0 aromatic carbocycles. The van der Waals surface area contributed by atoms with E-state index in [1.165, 1.54) is 0 Å². The predicted molar refractivity (Wildman–Crippen MR) is 70.8 cm³/mol. The zero-order valence-electron chi connectivity index (χ0n) is 10.5. The monoisotopic (exact) mass is 268 g/mol. The topological polar surface area (TPSA) is 70.5 Å². The van der Waals surface area contributed by atoms with Gasteiger partial charge in [0.05, 0.1) is 11.4 Å². The van der Waals surface area contributed by atoms with Gasteiger partial charge in [0, 0.05) is 41.1 Å². The van der Waals surface area contributed by atoms with Crippen molar-refractivity contribution in [3.8, 4) is 0 Å². The summed E-state index contributed by atoms with van der Waals surface area (Å²) in [5, 5.41) is 9.29. The van der Waals surface area contributed by atoms with Crippen LogP contribution >= 0.6 is 0 Å². The molecule has 5 nitrogen and oxygen atoms in total. The molecular weight excluding hydrogens is 252 g/mol. The van der Waals surface area contributed by atoms with Crippen LogP contribution in [0.3, 0.4) is 0 Å². The molecular formula is C12H16N2O3S. The van der Waals surface area contributed by atoms with E-state index in [9.17, 15) is 14.1 Å². The van der Waals surface area contributed by atoms with E-state index in [1.807, 2.05) is 11.8 Å². The number of hydrogen-bond acceptors (Lipinski definition) is 4. The number of carbonyl (C=O) groups is 1. The molecule has 0 saturated carbocycles. The van der Waals surface area contributed by atoms with Crippen molar-refractivity contribution >= 4 is 22.5 Å². The first-order valence-corrected chi connectivity index (χ1v) is 7.29. The summed E-state index contributed by atoms with van der Waals surface area (Å²) in [6, 6.07) is 1.80. The average Bonchev–Trinajstić information content (AvgIpc) is 2.28. The number of carboxylic acid groups (broad SMARTS) is 1. The number of pyridine rings is 1. The molecule has 1 saturated heterocycles. The van der Waals surface area contributed by atoms with Gasteiger partial charge in [0.1, 0.15) is 5.56 Å². The van der Waals surface area contributed by atoms with Crippen molar-refractivity contribution < 1.29 is 14.1 Å². The van der Waals surface area contributed by atoms with Crippen LogP contribution in [0.15, 0.2) is 6.07 Å². The Hall–Kier alpha value is -1.43. The lowest BCUT2D eigenvalue weighted by atomic mass is 10.1. The summed E-state index contributed by atoms with van der Waals surface area (Å²) in [4.78, 5) is 17.5. The molecule has 1 aliphatic rings. The zero-order valence-corrected chi connectivity index (χ0v) is 11.3. The molecule has 0 unspecified atom stereocenters. The number of anilines is 1. The van der Waals surface area contributed by atoms with Crippen molar-refractivity contribution in [3.05, 3.63) is 23.0 Å². The second-order valence-corrected chi connectivity index (χ2v) is 6.08. The first kappa shape index (κ1) is 13.0. The van der Waals surface area contributed by atoms with Crippen LogP contribution in [0, 0.1) is 13.8 Å². The standard InChI is InChI=1S/C12H16N2O3S/c1-8-7-10(11(12(15)16)9(2)13-8)14-3-5-18(17)6-4-14/h7H,3-6H2,1-2H3,(H,15,16). The van der Waals surface area contributed by atoms with Crippen LogP contribution in [0.1, 0.15) is 21.7 Å². The minimum Gasteiger partial charge on any atom is -0.478 e. The normalized spacial score (nSPS) is 16.9. The summed E-state index contributed by atoms with van der Waals surface area (Å²) < 4.78 is 11.3. The van der Waals surface area contributed by atoms with Gasteiger partial charge in [0.15, 0.2) is 0 Å².